The van der Waals surface area contributed by atoms with Crippen molar-refractivity contribution < 1.29 is 19.1 Å². The van der Waals surface area contributed by atoms with Gasteiger partial charge in [-0.05, 0) is 51.0 Å². The second-order valence-electron chi connectivity index (χ2n) is 9.36. The summed E-state index contributed by atoms with van der Waals surface area (Å²) in [7, 11) is 0. The quantitative estimate of drug-likeness (QED) is 0.190. The third-order valence-corrected chi connectivity index (χ3v) is 7.56. The molecular weight excluding hydrogens is 518 g/mol. The zero-order valence-electron chi connectivity index (χ0n) is 21.7. The molecule has 0 saturated heterocycles. The number of thiophene rings is 1. The fraction of sp³-hybridized carbons (Fsp3) is 0.241. The molecule has 9 heteroatoms. The Balaban J connectivity index is 1.68. The third kappa shape index (κ3) is 5.77. The van der Waals surface area contributed by atoms with Crippen LogP contribution >= 0.6 is 22.7 Å². The molecular formula is C29H27N3O4S2. The summed E-state index contributed by atoms with van der Waals surface area (Å²) in [5.74, 6) is -1.08. The van der Waals surface area contributed by atoms with Crippen LogP contribution in [0.3, 0.4) is 0 Å². The molecule has 38 heavy (non-hydrogen) atoms. The molecule has 0 saturated carbocycles. The molecule has 4 rings (SSSR count). The highest BCUT2D eigenvalue weighted by Gasteiger charge is 2.28. The monoisotopic (exact) mass is 545 g/mol. The molecule has 2 aromatic heterocycles. The molecule has 1 N–H and O–H groups in total. The van der Waals surface area contributed by atoms with Crippen LogP contribution in [0, 0.1) is 18.3 Å². The lowest BCUT2D eigenvalue weighted by Gasteiger charge is -2.19. The molecule has 0 radical (unpaired) electrons. The van der Waals surface area contributed by atoms with Gasteiger partial charge in [-0.2, -0.15) is 5.26 Å². The predicted octanol–water partition coefficient (Wildman–Crippen LogP) is 7.44. The topological polar surface area (TPSA) is 101 Å². The summed E-state index contributed by atoms with van der Waals surface area (Å²) >= 11 is 2.44. The largest absolute Gasteiger partial charge is 0.462 e. The number of hydrogen-bond acceptors (Lipinski definition) is 9. The number of benzene rings is 2. The molecule has 2 aromatic carbocycles. The van der Waals surface area contributed by atoms with E-state index in [1.54, 1.807) is 34.6 Å². The Hall–Kier alpha value is -4.00. The molecule has 0 spiro atoms. The molecule has 2 heterocycles. The number of carbonyl (C=O) groups excluding carboxylic acids is 2. The highest BCUT2D eigenvalue weighted by molar-refractivity contribution is 7.18. The van der Waals surface area contributed by atoms with Crippen molar-refractivity contribution in [2.24, 2.45) is 0 Å². The Labute approximate surface area is 229 Å². The van der Waals surface area contributed by atoms with Crippen molar-refractivity contribution in [1.82, 2.24) is 4.98 Å². The average molecular weight is 546 g/mol. The van der Waals surface area contributed by atoms with Gasteiger partial charge in [-0.15, -0.1) is 22.7 Å². The van der Waals surface area contributed by atoms with Gasteiger partial charge in [-0.3, -0.25) is 0 Å². The van der Waals surface area contributed by atoms with Crippen LogP contribution in [0.25, 0.3) is 27.6 Å². The van der Waals surface area contributed by atoms with Crippen LogP contribution in [0.5, 0.6) is 0 Å². The fourth-order valence-corrected chi connectivity index (χ4v) is 5.66. The molecule has 4 aromatic rings. The fourth-order valence-electron chi connectivity index (χ4n) is 3.83. The minimum Gasteiger partial charge on any atom is -0.462 e. The summed E-state index contributed by atoms with van der Waals surface area (Å²) in [5.41, 5.74) is 2.06. The van der Waals surface area contributed by atoms with Crippen LogP contribution < -0.4 is 5.32 Å². The van der Waals surface area contributed by atoms with E-state index in [1.807, 2.05) is 47.8 Å². The van der Waals surface area contributed by atoms with Crippen molar-refractivity contribution in [3.05, 3.63) is 75.1 Å². The van der Waals surface area contributed by atoms with Gasteiger partial charge in [-0.25, -0.2) is 14.6 Å². The molecule has 0 aliphatic rings. The van der Waals surface area contributed by atoms with Crippen molar-refractivity contribution >= 4 is 56.0 Å². The Kier molecular flexibility index (Phi) is 7.95. The minimum atomic E-state index is -0.689. The smallest absolute Gasteiger partial charge is 0.349 e. The number of aromatic nitrogens is 1. The molecule has 0 bridgehead atoms. The molecule has 7 nitrogen and oxygen atoms in total. The molecule has 0 amide bonds. The van der Waals surface area contributed by atoms with Gasteiger partial charge in [0.25, 0.3) is 0 Å². The number of hydrogen-bond donors (Lipinski definition) is 1. The minimum absolute atomic E-state index is 0.185. The van der Waals surface area contributed by atoms with E-state index in [9.17, 15) is 14.9 Å². The number of allylic oxidation sites excluding steroid dienone is 1. The zero-order chi connectivity index (χ0) is 27.4. The highest BCUT2D eigenvalue weighted by Crippen LogP contribution is 2.36. The van der Waals surface area contributed by atoms with E-state index in [0.29, 0.717) is 26.0 Å². The zero-order valence-corrected chi connectivity index (χ0v) is 23.4. The van der Waals surface area contributed by atoms with Crippen molar-refractivity contribution in [3.8, 4) is 17.3 Å². The lowest BCUT2D eigenvalue weighted by Crippen LogP contribution is -2.23. The van der Waals surface area contributed by atoms with Crippen LogP contribution in [-0.4, -0.2) is 29.1 Å². The van der Waals surface area contributed by atoms with Crippen molar-refractivity contribution in [2.45, 2.75) is 40.2 Å². The van der Waals surface area contributed by atoms with Gasteiger partial charge in [0.05, 0.1) is 17.9 Å². The van der Waals surface area contributed by atoms with Gasteiger partial charge in [0, 0.05) is 17.1 Å². The Bertz CT molecular complexity index is 1580. The number of thiazole rings is 1. The number of nitrogens with zero attached hydrogens (tertiary/aromatic N) is 2. The maximum absolute atomic E-state index is 12.8. The highest BCUT2D eigenvalue weighted by atomic mass is 32.1. The van der Waals surface area contributed by atoms with Crippen LogP contribution in [0.1, 0.15) is 58.3 Å². The summed E-state index contributed by atoms with van der Waals surface area (Å²) in [5, 5.41) is 18.0. The Morgan fingerprint density at radius 1 is 1.13 bits per heavy atom. The number of esters is 2. The van der Waals surface area contributed by atoms with Crippen molar-refractivity contribution in [3.63, 3.8) is 0 Å². The maximum atomic E-state index is 12.8. The van der Waals surface area contributed by atoms with E-state index >= 15 is 0 Å². The maximum Gasteiger partial charge on any atom is 0.349 e. The average Bonchev–Trinajstić information content (AvgIpc) is 3.48. The molecule has 0 unspecified atom stereocenters. The number of rotatable bonds is 7. The van der Waals surface area contributed by atoms with Gasteiger partial charge >= 0.3 is 11.9 Å². The molecule has 194 valence electrons. The normalized spacial score (nSPS) is 11.7. The van der Waals surface area contributed by atoms with Crippen molar-refractivity contribution in [1.29, 1.82) is 5.26 Å². The molecule has 0 fully saturated rings. The van der Waals surface area contributed by atoms with Gasteiger partial charge in [-0.1, -0.05) is 42.5 Å². The van der Waals surface area contributed by atoms with Crippen LogP contribution in [0.15, 0.2) is 54.0 Å². The molecule has 0 atom stereocenters. The Morgan fingerprint density at radius 2 is 1.87 bits per heavy atom. The first-order valence-corrected chi connectivity index (χ1v) is 13.7. The number of nitrogens with one attached hydrogen (secondary N) is 1. The van der Waals surface area contributed by atoms with E-state index < -0.39 is 17.5 Å². The number of nitriles is 1. The lowest BCUT2D eigenvalue weighted by atomic mass is 10.0. The first-order valence-electron chi connectivity index (χ1n) is 12.0. The number of carbonyl (C=O) groups is 2. The summed E-state index contributed by atoms with van der Waals surface area (Å²) in [6, 6.07) is 16.3. The summed E-state index contributed by atoms with van der Waals surface area (Å²) in [6.07, 6.45) is 1.50. The SMILES string of the molecule is CCOC(=O)c1c(N/C=C(/C#N)c2nc(-c3cccc4ccccc34)cs2)sc(C(=O)OC(C)(C)C)c1C. The van der Waals surface area contributed by atoms with Gasteiger partial charge in [0.1, 0.15) is 32.1 Å². The van der Waals surface area contributed by atoms with E-state index in [4.69, 9.17) is 14.5 Å². The van der Waals surface area contributed by atoms with Gasteiger partial charge in [0.15, 0.2) is 0 Å². The standard InChI is InChI=1S/C29H27N3O4S2/c1-6-35-27(33)23-17(2)24(28(34)36-29(3,4)5)38-26(23)31-15-19(14-30)25-32-22(16-37-25)21-13-9-11-18-10-7-8-12-20(18)21/h7-13,15-16,31H,6H2,1-5H3/b19-15-. The van der Waals surface area contributed by atoms with Crippen LogP contribution in [-0.2, 0) is 9.47 Å². The number of fused-ring (bicyclic) bond motifs is 1. The second kappa shape index (κ2) is 11.2. The van der Waals surface area contributed by atoms with E-state index in [0.717, 1.165) is 33.4 Å². The summed E-state index contributed by atoms with van der Waals surface area (Å²) in [6.45, 7) is 8.92. The second-order valence-corrected chi connectivity index (χ2v) is 11.2. The van der Waals surface area contributed by atoms with E-state index in [1.165, 1.54) is 17.5 Å². The van der Waals surface area contributed by atoms with Crippen molar-refractivity contribution in [2.75, 3.05) is 11.9 Å². The first-order chi connectivity index (χ1) is 18.1. The number of ether oxygens (including phenoxy) is 2. The van der Waals surface area contributed by atoms with Gasteiger partial charge < -0.3 is 14.8 Å². The van der Waals surface area contributed by atoms with Gasteiger partial charge in [0.2, 0.25) is 0 Å². The Morgan fingerprint density at radius 3 is 2.58 bits per heavy atom. The van der Waals surface area contributed by atoms with Crippen LogP contribution in [0.4, 0.5) is 5.00 Å². The summed E-state index contributed by atoms with van der Waals surface area (Å²) in [4.78, 5) is 30.6. The predicted molar refractivity (Wildman–Crippen MR) is 152 cm³/mol. The third-order valence-electron chi connectivity index (χ3n) is 5.48. The number of anilines is 1. The van der Waals surface area contributed by atoms with E-state index in [2.05, 4.69) is 11.4 Å². The molecule has 0 aliphatic heterocycles. The first kappa shape index (κ1) is 27.0. The van der Waals surface area contributed by atoms with Crippen LogP contribution in [0.2, 0.25) is 0 Å². The molecule has 0 aliphatic carbocycles. The summed E-state index contributed by atoms with van der Waals surface area (Å²) < 4.78 is 10.7. The van der Waals surface area contributed by atoms with E-state index in [-0.39, 0.29) is 12.2 Å². The lowest BCUT2D eigenvalue weighted by molar-refractivity contribution is 0.00745.